The quantitative estimate of drug-likeness (QED) is 0.797. The zero-order valence-corrected chi connectivity index (χ0v) is 16.0. The first-order valence-corrected chi connectivity index (χ1v) is 9.25. The zero-order valence-electron chi connectivity index (χ0n) is 14.5. The number of nitrogens with zero attached hydrogens (tertiary/aromatic N) is 1. The minimum Gasteiger partial charge on any atom is -0.378 e. The highest BCUT2D eigenvalue weighted by molar-refractivity contribution is 6.42. The molecule has 0 saturated carbocycles. The van der Waals surface area contributed by atoms with E-state index in [0.717, 1.165) is 18.8 Å². The van der Waals surface area contributed by atoms with Gasteiger partial charge in [-0.15, -0.1) is 0 Å². The fraction of sp³-hybridized carbons (Fsp3) is 0.263. The number of para-hydroxylation sites is 2. The summed E-state index contributed by atoms with van der Waals surface area (Å²) in [5.41, 5.74) is 1.98. The summed E-state index contributed by atoms with van der Waals surface area (Å²) in [7, 11) is 0. The van der Waals surface area contributed by atoms with E-state index >= 15 is 0 Å². The summed E-state index contributed by atoms with van der Waals surface area (Å²) in [5, 5.41) is 6.08. The molecular weight excluding hydrogens is 389 g/mol. The van der Waals surface area contributed by atoms with Crippen LogP contribution in [0.1, 0.15) is 10.4 Å². The Morgan fingerprint density at radius 1 is 1.04 bits per heavy atom. The van der Waals surface area contributed by atoms with Crippen molar-refractivity contribution in [3.63, 3.8) is 0 Å². The molecule has 2 N–H and O–H groups in total. The third-order valence-corrected chi connectivity index (χ3v) is 4.86. The van der Waals surface area contributed by atoms with Crippen molar-refractivity contribution in [2.24, 2.45) is 0 Å². The average Bonchev–Trinajstić information content (AvgIpc) is 2.69. The van der Waals surface area contributed by atoms with Crippen molar-refractivity contribution < 1.29 is 14.3 Å². The Hall–Kier alpha value is -2.28. The highest BCUT2D eigenvalue weighted by Crippen LogP contribution is 2.26. The molecule has 0 aliphatic carbocycles. The molecule has 0 radical (unpaired) electrons. The summed E-state index contributed by atoms with van der Waals surface area (Å²) in [4.78, 5) is 26.6. The number of carbonyl (C=O) groups is 2. The van der Waals surface area contributed by atoms with Crippen LogP contribution in [-0.4, -0.2) is 44.7 Å². The maximum absolute atomic E-state index is 12.3. The molecule has 0 atom stereocenters. The molecule has 2 aromatic rings. The fourth-order valence-corrected chi connectivity index (χ4v) is 3.05. The molecule has 2 aromatic carbocycles. The van der Waals surface area contributed by atoms with Crippen molar-refractivity contribution in [1.82, 2.24) is 5.32 Å². The van der Waals surface area contributed by atoms with Gasteiger partial charge in [0.25, 0.3) is 5.91 Å². The van der Waals surface area contributed by atoms with E-state index in [2.05, 4.69) is 15.5 Å². The van der Waals surface area contributed by atoms with E-state index in [-0.39, 0.29) is 17.5 Å². The molecule has 1 aliphatic heterocycles. The number of nitrogens with one attached hydrogen (secondary N) is 2. The van der Waals surface area contributed by atoms with Crippen LogP contribution in [0.2, 0.25) is 10.0 Å². The van der Waals surface area contributed by atoms with Crippen LogP contribution in [0, 0.1) is 0 Å². The van der Waals surface area contributed by atoms with Crippen LogP contribution in [0.25, 0.3) is 0 Å². The molecule has 0 bridgehead atoms. The van der Waals surface area contributed by atoms with Crippen molar-refractivity contribution in [2.75, 3.05) is 43.1 Å². The molecule has 6 nitrogen and oxygen atoms in total. The fourth-order valence-electron chi connectivity index (χ4n) is 2.75. The first kappa shape index (κ1) is 19.5. The van der Waals surface area contributed by atoms with Gasteiger partial charge in [-0.2, -0.15) is 0 Å². The number of morpholine rings is 1. The van der Waals surface area contributed by atoms with E-state index in [9.17, 15) is 9.59 Å². The van der Waals surface area contributed by atoms with E-state index in [0.29, 0.717) is 29.5 Å². The maximum Gasteiger partial charge on any atom is 0.251 e. The van der Waals surface area contributed by atoms with Gasteiger partial charge in [0.2, 0.25) is 5.91 Å². The molecule has 1 fully saturated rings. The predicted octanol–water partition coefficient (Wildman–Crippen LogP) is 3.20. The minimum atomic E-state index is -0.398. The van der Waals surface area contributed by atoms with Crippen molar-refractivity contribution in [2.45, 2.75) is 0 Å². The van der Waals surface area contributed by atoms with E-state index in [1.807, 2.05) is 24.3 Å². The topological polar surface area (TPSA) is 70.7 Å². The summed E-state index contributed by atoms with van der Waals surface area (Å²) in [5.74, 6) is -0.714. The Morgan fingerprint density at radius 2 is 1.78 bits per heavy atom. The molecule has 0 unspecified atom stereocenters. The molecule has 27 heavy (non-hydrogen) atoms. The van der Waals surface area contributed by atoms with Crippen LogP contribution in [0.5, 0.6) is 0 Å². The summed E-state index contributed by atoms with van der Waals surface area (Å²) in [6.45, 7) is 2.68. The van der Waals surface area contributed by atoms with Crippen molar-refractivity contribution in [1.29, 1.82) is 0 Å². The molecule has 1 aliphatic rings. The van der Waals surface area contributed by atoms with Gasteiger partial charge in [0.1, 0.15) is 0 Å². The van der Waals surface area contributed by atoms with Gasteiger partial charge >= 0.3 is 0 Å². The van der Waals surface area contributed by atoms with Gasteiger partial charge in [0.15, 0.2) is 0 Å². The Bertz CT molecular complexity index is 839. The molecule has 8 heteroatoms. The van der Waals surface area contributed by atoms with Gasteiger partial charge in [-0.1, -0.05) is 35.3 Å². The molecule has 1 heterocycles. The van der Waals surface area contributed by atoms with Crippen LogP contribution in [-0.2, 0) is 9.53 Å². The summed E-state index contributed by atoms with van der Waals surface area (Å²) >= 11 is 11.8. The van der Waals surface area contributed by atoms with E-state index in [1.54, 1.807) is 6.07 Å². The highest BCUT2D eigenvalue weighted by atomic mass is 35.5. The first-order chi connectivity index (χ1) is 13.0. The number of halogens is 2. The molecule has 0 spiro atoms. The van der Waals surface area contributed by atoms with Crippen LogP contribution >= 0.6 is 23.2 Å². The van der Waals surface area contributed by atoms with Crippen LogP contribution < -0.4 is 15.5 Å². The second-order valence-electron chi connectivity index (χ2n) is 5.98. The minimum absolute atomic E-state index is 0.156. The number of amides is 2. The molecule has 0 aromatic heterocycles. The van der Waals surface area contributed by atoms with Gasteiger partial charge in [-0.25, -0.2) is 0 Å². The van der Waals surface area contributed by atoms with Crippen molar-refractivity contribution in [3.05, 3.63) is 58.1 Å². The lowest BCUT2D eigenvalue weighted by Crippen LogP contribution is -2.37. The predicted molar refractivity (Wildman–Crippen MR) is 107 cm³/mol. The Labute approximate surface area is 167 Å². The monoisotopic (exact) mass is 407 g/mol. The lowest BCUT2D eigenvalue weighted by molar-refractivity contribution is -0.115. The Balaban J connectivity index is 1.59. The van der Waals surface area contributed by atoms with Gasteiger partial charge in [0, 0.05) is 18.7 Å². The summed E-state index contributed by atoms with van der Waals surface area (Å²) in [6.07, 6.45) is 0. The zero-order chi connectivity index (χ0) is 19.2. The number of ether oxygens (including phenoxy) is 1. The highest BCUT2D eigenvalue weighted by Gasteiger charge is 2.16. The van der Waals surface area contributed by atoms with Crippen LogP contribution in [0.4, 0.5) is 11.4 Å². The number of benzene rings is 2. The van der Waals surface area contributed by atoms with Crippen LogP contribution in [0.15, 0.2) is 42.5 Å². The third-order valence-electron chi connectivity index (χ3n) is 4.12. The first-order valence-electron chi connectivity index (χ1n) is 8.49. The number of carbonyl (C=O) groups excluding carboxylic acids is 2. The lowest BCUT2D eigenvalue weighted by atomic mass is 10.2. The van der Waals surface area contributed by atoms with E-state index < -0.39 is 5.91 Å². The summed E-state index contributed by atoms with van der Waals surface area (Å²) in [6, 6.07) is 12.1. The van der Waals surface area contributed by atoms with E-state index in [4.69, 9.17) is 27.9 Å². The van der Waals surface area contributed by atoms with Gasteiger partial charge in [0.05, 0.1) is 41.2 Å². The Kier molecular flexibility index (Phi) is 6.55. The molecule has 3 rings (SSSR count). The SMILES string of the molecule is O=C(CNC(=O)c1ccc(Cl)c(Cl)c1)Nc1ccccc1N1CCOCC1. The normalized spacial score (nSPS) is 13.9. The van der Waals surface area contributed by atoms with E-state index in [1.165, 1.54) is 12.1 Å². The Morgan fingerprint density at radius 3 is 2.52 bits per heavy atom. The molecule has 2 amide bonds. The molecular formula is C19H19Cl2N3O3. The van der Waals surface area contributed by atoms with Gasteiger partial charge < -0.3 is 20.3 Å². The maximum atomic E-state index is 12.3. The standard InChI is InChI=1S/C19H19Cl2N3O3/c20-14-6-5-13(11-15(14)21)19(26)22-12-18(25)23-16-3-1-2-4-17(16)24-7-9-27-10-8-24/h1-6,11H,7-10,12H2,(H,22,26)(H,23,25). The number of hydrogen-bond acceptors (Lipinski definition) is 4. The average molecular weight is 408 g/mol. The second-order valence-corrected chi connectivity index (χ2v) is 6.79. The summed E-state index contributed by atoms with van der Waals surface area (Å²) < 4.78 is 5.37. The molecule has 1 saturated heterocycles. The van der Waals surface area contributed by atoms with Crippen LogP contribution in [0.3, 0.4) is 0 Å². The number of anilines is 2. The van der Waals surface area contributed by atoms with Crippen molar-refractivity contribution in [3.8, 4) is 0 Å². The van der Waals surface area contributed by atoms with Gasteiger partial charge in [-0.3, -0.25) is 9.59 Å². The number of rotatable bonds is 5. The largest absolute Gasteiger partial charge is 0.378 e. The second kappa shape index (κ2) is 9.08. The lowest BCUT2D eigenvalue weighted by Gasteiger charge is -2.30. The molecule has 142 valence electrons. The van der Waals surface area contributed by atoms with Crippen molar-refractivity contribution >= 4 is 46.4 Å². The van der Waals surface area contributed by atoms with Gasteiger partial charge in [-0.05, 0) is 30.3 Å². The number of hydrogen-bond donors (Lipinski definition) is 2. The third kappa shape index (κ3) is 5.13. The smallest absolute Gasteiger partial charge is 0.251 e.